The quantitative estimate of drug-likeness (QED) is 0.486. The van der Waals surface area contributed by atoms with E-state index in [1.807, 2.05) is 0 Å². The predicted octanol–water partition coefficient (Wildman–Crippen LogP) is 2.98. The third-order valence-electron chi connectivity index (χ3n) is 2.55. The maximum Gasteiger partial charge on any atom is 0.381 e. The van der Waals surface area contributed by atoms with Crippen LogP contribution in [0.3, 0.4) is 0 Å². The number of nitrogens with one attached hydrogen (secondary N) is 2. The Morgan fingerprint density at radius 1 is 1.30 bits per heavy atom. The lowest BCUT2D eigenvalue weighted by Gasteiger charge is -2.07. The van der Waals surface area contributed by atoms with Crippen molar-refractivity contribution in [3.8, 4) is 5.88 Å². The van der Waals surface area contributed by atoms with Crippen LogP contribution in [0.15, 0.2) is 29.6 Å². The summed E-state index contributed by atoms with van der Waals surface area (Å²) in [7, 11) is 0. The van der Waals surface area contributed by atoms with Gasteiger partial charge in [0.2, 0.25) is 11.7 Å². The average Bonchev–Trinajstić information content (AvgIpc) is 2.95. The molecule has 1 heterocycles. The molecule has 0 atom stereocenters. The minimum absolute atomic E-state index is 0.0221. The second kappa shape index (κ2) is 7.75. The number of nitrogens with zero attached hydrogens (tertiary/aromatic N) is 1. The second-order valence-corrected chi connectivity index (χ2v) is 5.51. The molecule has 0 aliphatic rings. The van der Waals surface area contributed by atoms with E-state index in [1.54, 1.807) is 6.92 Å². The molecule has 23 heavy (non-hydrogen) atoms. The fraction of sp³-hybridized carbons (Fsp3) is 0.143. The van der Waals surface area contributed by atoms with Crippen LogP contribution in [0.25, 0.3) is 0 Å². The molecule has 1 aromatic heterocycles. The number of aromatic nitrogens is 1. The molecule has 0 bridgehead atoms. The van der Waals surface area contributed by atoms with E-state index in [0.717, 1.165) is 11.3 Å². The molecule has 2 N–H and O–H groups in total. The zero-order valence-electron chi connectivity index (χ0n) is 12.0. The first-order valence-electron chi connectivity index (χ1n) is 6.52. The smallest absolute Gasteiger partial charge is 0.381 e. The molecule has 0 radical (unpaired) electrons. The molecule has 0 saturated carbocycles. The molecule has 0 spiro atoms. The van der Waals surface area contributed by atoms with E-state index in [9.17, 15) is 14.0 Å². The molecule has 0 saturated heterocycles. The Labute approximate surface area is 140 Å². The summed E-state index contributed by atoms with van der Waals surface area (Å²) in [6, 6.07) is 5.68. The number of thiazole rings is 1. The maximum absolute atomic E-state index is 12.8. The summed E-state index contributed by atoms with van der Waals surface area (Å²) in [6.45, 7) is 1.57. The van der Waals surface area contributed by atoms with Gasteiger partial charge in [-0.3, -0.25) is 4.79 Å². The molecular formula is C14H12FN3O3S2. The summed E-state index contributed by atoms with van der Waals surface area (Å²) in [4.78, 5) is 26.5. The van der Waals surface area contributed by atoms with Crippen molar-refractivity contribution >= 4 is 51.2 Å². The van der Waals surface area contributed by atoms with Crippen LogP contribution in [0, 0.1) is 5.82 Å². The number of carbonyl (C=O) groups is 2. The van der Waals surface area contributed by atoms with Crippen molar-refractivity contribution in [3.05, 3.63) is 35.5 Å². The SMILES string of the molecule is CCC(=O)C(=O)Oc1csc(NC(=S)Nc2ccc(F)cc2)n1. The number of anilines is 2. The van der Waals surface area contributed by atoms with Gasteiger partial charge < -0.3 is 15.4 Å². The van der Waals surface area contributed by atoms with Crippen LogP contribution in [0.5, 0.6) is 5.88 Å². The number of benzene rings is 1. The number of carbonyl (C=O) groups excluding carboxylic acids is 2. The summed E-state index contributed by atoms with van der Waals surface area (Å²) in [5.41, 5.74) is 0.612. The molecule has 120 valence electrons. The Morgan fingerprint density at radius 2 is 2.00 bits per heavy atom. The van der Waals surface area contributed by atoms with Gasteiger partial charge in [-0.25, -0.2) is 9.18 Å². The van der Waals surface area contributed by atoms with Gasteiger partial charge in [-0.05, 0) is 36.5 Å². The zero-order valence-corrected chi connectivity index (χ0v) is 13.6. The van der Waals surface area contributed by atoms with E-state index in [4.69, 9.17) is 17.0 Å². The van der Waals surface area contributed by atoms with Crippen molar-refractivity contribution in [3.63, 3.8) is 0 Å². The first kappa shape index (κ1) is 17.0. The van der Waals surface area contributed by atoms with Crippen LogP contribution in [0.2, 0.25) is 0 Å². The number of thiocarbonyl (C=S) groups is 1. The highest BCUT2D eigenvalue weighted by Gasteiger charge is 2.16. The molecule has 1 aromatic carbocycles. The van der Waals surface area contributed by atoms with E-state index in [0.29, 0.717) is 10.8 Å². The highest BCUT2D eigenvalue weighted by molar-refractivity contribution is 7.80. The van der Waals surface area contributed by atoms with Gasteiger partial charge in [0.25, 0.3) is 0 Å². The zero-order chi connectivity index (χ0) is 16.8. The van der Waals surface area contributed by atoms with Gasteiger partial charge in [-0.1, -0.05) is 6.92 Å². The van der Waals surface area contributed by atoms with Crippen molar-refractivity contribution in [2.45, 2.75) is 13.3 Å². The van der Waals surface area contributed by atoms with Crippen LogP contribution in [0.1, 0.15) is 13.3 Å². The van der Waals surface area contributed by atoms with E-state index >= 15 is 0 Å². The molecule has 0 aliphatic carbocycles. The third-order valence-corrected chi connectivity index (χ3v) is 3.49. The van der Waals surface area contributed by atoms with E-state index < -0.39 is 11.8 Å². The van der Waals surface area contributed by atoms with Crippen molar-refractivity contribution in [2.24, 2.45) is 0 Å². The molecular weight excluding hydrogens is 341 g/mol. The van der Waals surface area contributed by atoms with Crippen molar-refractivity contribution in [2.75, 3.05) is 10.6 Å². The van der Waals surface area contributed by atoms with Gasteiger partial charge in [-0.15, -0.1) is 11.3 Å². The number of rotatable bonds is 5. The van der Waals surface area contributed by atoms with Crippen LogP contribution in [-0.2, 0) is 9.59 Å². The molecule has 2 rings (SSSR count). The van der Waals surface area contributed by atoms with Crippen molar-refractivity contribution < 1.29 is 18.7 Å². The van der Waals surface area contributed by atoms with Crippen LogP contribution in [-0.4, -0.2) is 21.8 Å². The first-order chi connectivity index (χ1) is 11.0. The Morgan fingerprint density at radius 3 is 2.65 bits per heavy atom. The number of ether oxygens (including phenoxy) is 1. The van der Waals surface area contributed by atoms with Crippen LogP contribution < -0.4 is 15.4 Å². The summed E-state index contributed by atoms with van der Waals surface area (Å²) in [5.74, 6) is -1.89. The van der Waals surface area contributed by atoms with E-state index in [1.165, 1.54) is 29.6 Å². The Balaban J connectivity index is 1.90. The number of halogens is 1. The predicted molar refractivity (Wildman–Crippen MR) is 89.3 cm³/mol. The van der Waals surface area contributed by atoms with Gasteiger partial charge in [0.15, 0.2) is 10.2 Å². The standard InChI is InChI=1S/C14H12FN3O3S2/c1-2-10(19)12(20)21-11-7-23-14(17-11)18-13(22)16-9-5-3-8(15)4-6-9/h3-7H,2H2,1H3,(H2,16,17,18,22). The van der Waals surface area contributed by atoms with Crippen LogP contribution >= 0.6 is 23.6 Å². The number of Topliss-reactive ketones (excluding diaryl/α,β-unsaturated/α-hetero) is 1. The molecule has 0 aliphatic heterocycles. The van der Waals surface area contributed by atoms with E-state index in [2.05, 4.69) is 15.6 Å². The molecule has 2 aromatic rings. The van der Waals surface area contributed by atoms with Gasteiger partial charge in [0.05, 0.1) is 5.38 Å². The number of hydrogen-bond donors (Lipinski definition) is 2. The second-order valence-electron chi connectivity index (χ2n) is 4.24. The first-order valence-corrected chi connectivity index (χ1v) is 7.81. The molecule has 6 nitrogen and oxygen atoms in total. The number of esters is 1. The summed E-state index contributed by atoms with van der Waals surface area (Å²) < 4.78 is 17.6. The minimum Gasteiger partial charge on any atom is -0.401 e. The average molecular weight is 353 g/mol. The minimum atomic E-state index is -0.948. The van der Waals surface area contributed by atoms with Gasteiger partial charge in [0, 0.05) is 12.1 Å². The molecule has 0 fully saturated rings. The monoisotopic (exact) mass is 353 g/mol. The van der Waals surface area contributed by atoms with Gasteiger partial charge >= 0.3 is 5.97 Å². The Hall–Kier alpha value is -2.39. The lowest BCUT2D eigenvalue weighted by molar-refractivity contribution is -0.147. The molecule has 0 amide bonds. The van der Waals surface area contributed by atoms with Gasteiger partial charge in [0.1, 0.15) is 5.82 Å². The van der Waals surface area contributed by atoms with Crippen molar-refractivity contribution in [1.29, 1.82) is 0 Å². The van der Waals surface area contributed by atoms with Gasteiger partial charge in [-0.2, -0.15) is 4.98 Å². The highest BCUT2D eigenvalue weighted by atomic mass is 32.1. The lowest BCUT2D eigenvalue weighted by atomic mass is 10.3. The fourth-order valence-corrected chi connectivity index (χ4v) is 2.35. The highest BCUT2D eigenvalue weighted by Crippen LogP contribution is 2.21. The molecule has 9 heteroatoms. The topological polar surface area (TPSA) is 80.3 Å². The lowest BCUT2D eigenvalue weighted by Crippen LogP contribution is -2.20. The summed E-state index contributed by atoms with van der Waals surface area (Å²) in [6.07, 6.45) is 0.0692. The largest absolute Gasteiger partial charge is 0.401 e. The third kappa shape index (κ3) is 5.08. The molecule has 0 unspecified atom stereocenters. The fourth-order valence-electron chi connectivity index (χ4n) is 1.45. The maximum atomic E-state index is 12.8. The summed E-state index contributed by atoms with van der Waals surface area (Å²) >= 11 is 6.25. The van der Waals surface area contributed by atoms with E-state index in [-0.39, 0.29) is 23.2 Å². The van der Waals surface area contributed by atoms with Crippen LogP contribution in [0.4, 0.5) is 15.2 Å². The van der Waals surface area contributed by atoms with Crippen molar-refractivity contribution in [1.82, 2.24) is 4.98 Å². The Kier molecular flexibility index (Phi) is 5.72. The normalized spacial score (nSPS) is 10.0. The summed E-state index contributed by atoms with van der Waals surface area (Å²) in [5, 5.41) is 7.76. The Bertz CT molecular complexity index is 731. The number of ketones is 1. The number of hydrogen-bond acceptors (Lipinski definition) is 6.